The molecule has 0 radical (unpaired) electrons. The van der Waals surface area contributed by atoms with Gasteiger partial charge < -0.3 is 19.4 Å². The monoisotopic (exact) mass is 362 g/mol. The molecule has 3 aromatic rings. The van der Waals surface area contributed by atoms with Gasteiger partial charge in [0.2, 0.25) is 0 Å². The van der Waals surface area contributed by atoms with Crippen molar-refractivity contribution >= 4 is 22.4 Å². The molecule has 5 heteroatoms. The molecule has 27 heavy (non-hydrogen) atoms. The average molecular weight is 362 g/mol. The molecule has 0 saturated carbocycles. The summed E-state index contributed by atoms with van der Waals surface area (Å²) in [6.07, 6.45) is 5.03. The van der Waals surface area contributed by atoms with Gasteiger partial charge in [-0.15, -0.1) is 0 Å². The van der Waals surface area contributed by atoms with Gasteiger partial charge in [0.1, 0.15) is 11.5 Å². The smallest absolute Gasteiger partial charge is 0.254 e. The Balaban J connectivity index is 1.56. The number of methoxy groups -OCH3 is 2. The van der Waals surface area contributed by atoms with Crippen LogP contribution in [0.3, 0.4) is 0 Å². The fourth-order valence-corrected chi connectivity index (χ4v) is 3.55. The van der Waals surface area contributed by atoms with Crippen LogP contribution in [0.25, 0.3) is 16.5 Å². The van der Waals surface area contributed by atoms with Crippen LogP contribution in [0.4, 0.5) is 0 Å². The summed E-state index contributed by atoms with van der Waals surface area (Å²) in [6, 6.07) is 13.6. The van der Waals surface area contributed by atoms with E-state index < -0.39 is 0 Å². The molecule has 2 aromatic carbocycles. The van der Waals surface area contributed by atoms with Gasteiger partial charge in [0, 0.05) is 47.4 Å². The first-order valence-corrected chi connectivity index (χ1v) is 8.97. The first-order chi connectivity index (χ1) is 13.2. The summed E-state index contributed by atoms with van der Waals surface area (Å²) in [4.78, 5) is 18.1. The van der Waals surface area contributed by atoms with E-state index in [-0.39, 0.29) is 5.91 Å². The van der Waals surface area contributed by atoms with E-state index in [1.807, 2.05) is 11.0 Å². The fourth-order valence-electron chi connectivity index (χ4n) is 3.55. The van der Waals surface area contributed by atoms with Crippen molar-refractivity contribution < 1.29 is 14.3 Å². The maximum atomic E-state index is 12.9. The molecule has 2 heterocycles. The van der Waals surface area contributed by atoms with Gasteiger partial charge in [-0.2, -0.15) is 0 Å². The number of hydrogen-bond donors (Lipinski definition) is 1. The summed E-state index contributed by atoms with van der Waals surface area (Å²) in [5, 5.41) is 1.22. The normalized spacial score (nSPS) is 14.1. The zero-order chi connectivity index (χ0) is 18.8. The van der Waals surface area contributed by atoms with Crippen LogP contribution in [0.15, 0.2) is 54.7 Å². The van der Waals surface area contributed by atoms with Crippen molar-refractivity contribution in [3.63, 3.8) is 0 Å². The van der Waals surface area contributed by atoms with Gasteiger partial charge >= 0.3 is 0 Å². The lowest BCUT2D eigenvalue weighted by Gasteiger charge is -2.27. The molecular formula is C22H22N2O3. The molecule has 0 spiro atoms. The first kappa shape index (κ1) is 17.2. The maximum Gasteiger partial charge on any atom is 0.254 e. The number of nitrogens with zero attached hydrogens (tertiary/aromatic N) is 1. The number of ether oxygens (including phenoxy) is 2. The van der Waals surface area contributed by atoms with E-state index in [0.717, 1.165) is 11.9 Å². The van der Waals surface area contributed by atoms with Crippen LogP contribution in [0.5, 0.6) is 11.5 Å². The standard InChI is InChI=1S/C22H22N2O3/c1-26-17-11-16(12-18(13-17)27-2)22(25)24-9-7-15(8-10-24)20-14-23-21-6-4-3-5-19(20)21/h3-7,11-14,23H,8-10H2,1-2H3. The van der Waals surface area contributed by atoms with Crippen LogP contribution >= 0.6 is 0 Å². The van der Waals surface area contributed by atoms with Crippen LogP contribution in [-0.2, 0) is 0 Å². The van der Waals surface area contributed by atoms with E-state index in [4.69, 9.17) is 9.47 Å². The number of aromatic nitrogens is 1. The van der Waals surface area contributed by atoms with E-state index >= 15 is 0 Å². The average Bonchev–Trinajstić information content (AvgIpc) is 3.17. The van der Waals surface area contributed by atoms with E-state index in [1.54, 1.807) is 32.4 Å². The third-order valence-electron chi connectivity index (χ3n) is 5.03. The van der Waals surface area contributed by atoms with Gasteiger partial charge in [-0.3, -0.25) is 4.79 Å². The predicted molar refractivity (Wildman–Crippen MR) is 106 cm³/mol. The van der Waals surface area contributed by atoms with Crippen molar-refractivity contribution in [2.24, 2.45) is 0 Å². The van der Waals surface area contributed by atoms with Gasteiger partial charge in [-0.1, -0.05) is 24.3 Å². The molecule has 1 aliphatic rings. The van der Waals surface area contributed by atoms with Crippen molar-refractivity contribution in [3.05, 3.63) is 65.9 Å². The molecule has 1 amide bonds. The molecule has 0 saturated heterocycles. The Hall–Kier alpha value is -3.21. The number of carbonyl (C=O) groups excluding carboxylic acids is 1. The number of benzene rings is 2. The molecule has 4 rings (SSSR count). The zero-order valence-electron chi connectivity index (χ0n) is 15.5. The number of fused-ring (bicyclic) bond motifs is 1. The molecule has 1 aliphatic heterocycles. The molecule has 0 bridgehead atoms. The minimum atomic E-state index is -0.0126. The van der Waals surface area contributed by atoms with Gasteiger partial charge in [-0.25, -0.2) is 0 Å². The van der Waals surface area contributed by atoms with E-state index in [0.29, 0.717) is 30.2 Å². The highest BCUT2D eigenvalue weighted by Gasteiger charge is 2.21. The molecule has 0 aliphatic carbocycles. The lowest BCUT2D eigenvalue weighted by molar-refractivity contribution is 0.0772. The molecule has 0 unspecified atom stereocenters. The van der Waals surface area contributed by atoms with Gasteiger partial charge in [-0.05, 0) is 30.2 Å². The number of rotatable bonds is 4. The SMILES string of the molecule is COc1cc(OC)cc(C(=O)N2CC=C(c3c[nH]c4ccccc34)CC2)c1. The highest BCUT2D eigenvalue weighted by molar-refractivity contribution is 5.97. The van der Waals surface area contributed by atoms with Crippen molar-refractivity contribution in [2.45, 2.75) is 6.42 Å². The molecule has 1 N–H and O–H groups in total. The molecular weight excluding hydrogens is 340 g/mol. The molecule has 5 nitrogen and oxygen atoms in total. The van der Waals surface area contributed by atoms with Crippen LogP contribution in [0.1, 0.15) is 22.3 Å². The second-order valence-electron chi connectivity index (χ2n) is 6.58. The van der Waals surface area contributed by atoms with E-state index in [2.05, 4.69) is 35.5 Å². The minimum Gasteiger partial charge on any atom is -0.497 e. The molecule has 0 atom stereocenters. The Bertz CT molecular complexity index is 997. The fraction of sp³-hybridized carbons (Fsp3) is 0.227. The lowest BCUT2D eigenvalue weighted by atomic mass is 9.98. The van der Waals surface area contributed by atoms with Gasteiger partial charge in [0.15, 0.2) is 0 Å². The quantitative estimate of drug-likeness (QED) is 0.760. The highest BCUT2D eigenvalue weighted by atomic mass is 16.5. The largest absolute Gasteiger partial charge is 0.497 e. The Morgan fingerprint density at radius 1 is 1.07 bits per heavy atom. The summed E-state index contributed by atoms with van der Waals surface area (Å²) in [5.41, 5.74) is 4.21. The van der Waals surface area contributed by atoms with Crippen LogP contribution < -0.4 is 9.47 Å². The second kappa shape index (κ2) is 7.19. The topological polar surface area (TPSA) is 54.6 Å². The Morgan fingerprint density at radius 3 is 2.48 bits per heavy atom. The summed E-state index contributed by atoms with van der Waals surface area (Å²) in [5.74, 6) is 1.22. The van der Waals surface area contributed by atoms with Crippen LogP contribution in [0.2, 0.25) is 0 Å². The van der Waals surface area contributed by atoms with Crippen molar-refractivity contribution in [1.82, 2.24) is 9.88 Å². The van der Waals surface area contributed by atoms with Crippen LogP contribution in [0, 0.1) is 0 Å². The molecule has 1 aromatic heterocycles. The lowest BCUT2D eigenvalue weighted by Crippen LogP contribution is -2.34. The summed E-state index contributed by atoms with van der Waals surface area (Å²) in [7, 11) is 3.17. The number of amides is 1. The first-order valence-electron chi connectivity index (χ1n) is 8.97. The van der Waals surface area contributed by atoms with Gasteiger partial charge in [0.25, 0.3) is 5.91 Å². The Kier molecular flexibility index (Phi) is 4.59. The number of carbonyl (C=O) groups is 1. The number of H-pyrrole nitrogens is 1. The Labute approximate surface area is 158 Å². The van der Waals surface area contributed by atoms with Crippen LogP contribution in [-0.4, -0.2) is 43.1 Å². The number of aromatic amines is 1. The van der Waals surface area contributed by atoms with E-state index in [1.165, 1.54) is 16.5 Å². The predicted octanol–water partition coefficient (Wildman–Crippen LogP) is 4.11. The van der Waals surface area contributed by atoms with Crippen molar-refractivity contribution in [2.75, 3.05) is 27.3 Å². The summed E-state index contributed by atoms with van der Waals surface area (Å²) >= 11 is 0. The number of hydrogen-bond acceptors (Lipinski definition) is 3. The van der Waals surface area contributed by atoms with Crippen molar-refractivity contribution in [1.29, 1.82) is 0 Å². The molecule has 138 valence electrons. The van der Waals surface area contributed by atoms with Crippen molar-refractivity contribution in [3.8, 4) is 11.5 Å². The number of para-hydroxylation sites is 1. The van der Waals surface area contributed by atoms with E-state index in [9.17, 15) is 4.79 Å². The third kappa shape index (κ3) is 3.28. The highest BCUT2D eigenvalue weighted by Crippen LogP contribution is 2.30. The Morgan fingerprint density at radius 2 is 1.81 bits per heavy atom. The second-order valence-corrected chi connectivity index (χ2v) is 6.58. The summed E-state index contributed by atoms with van der Waals surface area (Å²) < 4.78 is 10.6. The number of nitrogens with one attached hydrogen (secondary N) is 1. The van der Waals surface area contributed by atoms with Gasteiger partial charge in [0.05, 0.1) is 14.2 Å². The minimum absolute atomic E-state index is 0.0126. The third-order valence-corrected chi connectivity index (χ3v) is 5.03. The molecule has 0 fully saturated rings. The zero-order valence-corrected chi connectivity index (χ0v) is 15.5. The maximum absolute atomic E-state index is 12.9. The summed E-state index contributed by atoms with van der Waals surface area (Å²) in [6.45, 7) is 1.27.